The summed E-state index contributed by atoms with van der Waals surface area (Å²) in [6, 6.07) is 6.12. The molecule has 0 aromatic heterocycles. The molecule has 21 heavy (non-hydrogen) atoms. The summed E-state index contributed by atoms with van der Waals surface area (Å²) in [6.07, 6.45) is 0. The van der Waals surface area contributed by atoms with E-state index in [0.717, 1.165) is 5.96 Å². The zero-order valence-electron chi connectivity index (χ0n) is 12.7. The summed E-state index contributed by atoms with van der Waals surface area (Å²) in [6.45, 7) is 8.83. The van der Waals surface area contributed by atoms with E-state index in [-0.39, 0.29) is 12.4 Å². The number of hydrogen-bond acceptors (Lipinski definition) is 1. The van der Waals surface area contributed by atoms with Gasteiger partial charge in [-0.25, -0.2) is 4.99 Å². The van der Waals surface area contributed by atoms with E-state index in [0.29, 0.717) is 39.7 Å². The number of nitrogens with zero attached hydrogens (tertiary/aromatic N) is 1. The maximum atomic E-state index is 6.16. The average Bonchev–Trinajstić information content (AvgIpc) is 2.78. The highest BCUT2D eigenvalue weighted by Gasteiger charge is 2.34. The quantitative estimate of drug-likeness (QED) is 0.833. The summed E-state index contributed by atoms with van der Waals surface area (Å²) in [5.74, 6) is 1.78. The summed E-state index contributed by atoms with van der Waals surface area (Å²) in [5, 5.41) is 8.01. The molecule has 3 nitrogen and oxygen atoms in total. The first-order valence-corrected chi connectivity index (χ1v) is 7.71. The van der Waals surface area contributed by atoms with Crippen LogP contribution in [0.25, 0.3) is 0 Å². The van der Waals surface area contributed by atoms with Crippen LogP contribution in [0.4, 0.5) is 5.69 Å². The van der Waals surface area contributed by atoms with E-state index in [1.807, 2.05) is 6.07 Å². The first-order valence-electron chi connectivity index (χ1n) is 6.96. The van der Waals surface area contributed by atoms with Gasteiger partial charge in [0.05, 0.1) is 22.1 Å². The zero-order valence-corrected chi connectivity index (χ0v) is 15.0. The molecule has 0 saturated carbocycles. The van der Waals surface area contributed by atoms with Crippen LogP contribution in [0.2, 0.25) is 10.0 Å². The molecule has 2 rings (SSSR count). The number of hydrogen-bond donors (Lipinski definition) is 2. The fourth-order valence-electron chi connectivity index (χ4n) is 2.47. The lowest BCUT2D eigenvalue weighted by atomic mass is 9.90. The van der Waals surface area contributed by atoms with E-state index in [2.05, 4.69) is 43.3 Å². The van der Waals surface area contributed by atoms with Crippen molar-refractivity contribution in [2.45, 2.75) is 39.8 Å². The second-order valence-electron chi connectivity index (χ2n) is 5.86. The number of para-hydroxylation sites is 1. The maximum absolute atomic E-state index is 6.16. The van der Waals surface area contributed by atoms with Gasteiger partial charge in [-0.1, -0.05) is 57.0 Å². The van der Waals surface area contributed by atoms with Crippen LogP contribution < -0.4 is 10.6 Å². The molecule has 1 heterocycles. The standard InChI is InChI=1S/C15H21Cl2N3.ClH/c1-8(2)12-13(9(3)4)19-15(18-12)20-14-10(16)6-5-7-11(14)17;/h5-9,12-13H,1-4H3,(H2,18,19,20);1H. The Morgan fingerprint density at radius 1 is 0.952 bits per heavy atom. The summed E-state index contributed by atoms with van der Waals surface area (Å²) in [5.41, 5.74) is 0.609. The minimum atomic E-state index is 0. The van der Waals surface area contributed by atoms with Crippen molar-refractivity contribution < 1.29 is 0 Å². The lowest BCUT2D eigenvalue weighted by Crippen LogP contribution is -2.41. The monoisotopic (exact) mass is 349 g/mol. The van der Waals surface area contributed by atoms with Gasteiger partial charge in [0.15, 0.2) is 5.96 Å². The molecule has 0 amide bonds. The van der Waals surface area contributed by atoms with Gasteiger partial charge in [0.25, 0.3) is 0 Å². The van der Waals surface area contributed by atoms with Gasteiger partial charge >= 0.3 is 0 Å². The summed E-state index contributed by atoms with van der Waals surface area (Å²) >= 11 is 12.3. The molecule has 2 unspecified atom stereocenters. The van der Waals surface area contributed by atoms with E-state index in [9.17, 15) is 0 Å². The molecular formula is C15H22Cl3N3. The maximum Gasteiger partial charge on any atom is 0.197 e. The minimum Gasteiger partial charge on any atom is -0.351 e. The largest absolute Gasteiger partial charge is 0.351 e. The Balaban J connectivity index is 0.00000220. The lowest BCUT2D eigenvalue weighted by Gasteiger charge is -2.24. The van der Waals surface area contributed by atoms with E-state index in [4.69, 9.17) is 23.2 Å². The van der Waals surface area contributed by atoms with Crippen molar-refractivity contribution in [3.63, 3.8) is 0 Å². The number of rotatable bonds is 3. The SMILES string of the molecule is CC(C)C1NC(=Nc2c(Cl)cccc2Cl)NC1C(C)C.Cl. The van der Waals surface area contributed by atoms with Crippen molar-refractivity contribution in [3.8, 4) is 0 Å². The van der Waals surface area contributed by atoms with Gasteiger partial charge in [-0.3, -0.25) is 0 Å². The third-order valence-electron chi connectivity index (χ3n) is 3.59. The molecule has 1 fully saturated rings. The molecule has 0 radical (unpaired) electrons. The molecule has 0 spiro atoms. The number of benzene rings is 1. The fourth-order valence-corrected chi connectivity index (χ4v) is 2.95. The normalized spacial score (nSPS) is 21.0. The molecular weight excluding hydrogens is 329 g/mol. The van der Waals surface area contributed by atoms with Crippen LogP contribution in [0.15, 0.2) is 23.2 Å². The molecule has 2 N–H and O–H groups in total. The van der Waals surface area contributed by atoms with Crippen molar-refractivity contribution >= 4 is 47.3 Å². The van der Waals surface area contributed by atoms with E-state index < -0.39 is 0 Å². The number of halogens is 3. The second kappa shape index (κ2) is 7.57. The van der Waals surface area contributed by atoms with Gasteiger partial charge < -0.3 is 10.6 Å². The first-order chi connectivity index (χ1) is 9.40. The van der Waals surface area contributed by atoms with Crippen molar-refractivity contribution in [2.75, 3.05) is 0 Å². The Hall–Kier alpha value is -0.640. The molecule has 1 saturated heterocycles. The van der Waals surface area contributed by atoms with Crippen molar-refractivity contribution in [2.24, 2.45) is 16.8 Å². The third-order valence-corrected chi connectivity index (χ3v) is 4.20. The zero-order chi connectivity index (χ0) is 14.9. The number of guanidine groups is 1. The molecule has 1 aromatic carbocycles. The Kier molecular flexibility index (Phi) is 6.64. The van der Waals surface area contributed by atoms with Crippen LogP contribution in [0, 0.1) is 11.8 Å². The van der Waals surface area contributed by atoms with Crippen LogP contribution in [-0.4, -0.2) is 18.0 Å². The highest BCUT2D eigenvalue weighted by atomic mass is 35.5. The van der Waals surface area contributed by atoms with Crippen molar-refractivity contribution in [3.05, 3.63) is 28.2 Å². The van der Waals surface area contributed by atoms with Crippen LogP contribution >= 0.6 is 35.6 Å². The van der Waals surface area contributed by atoms with E-state index in [1.54, 1.807) is 12.1 Å². The predicted molar refractivity (Wildman–Crippen MR) is 94.3 cm³/mol. The van der Waals surface area contributed by atoms with Gasteiger partial charge in [0.2, 0.25) is 0 Å². The molecule has 1 aromatic rings. The van der Waals surface area contributed by atoms with Crippen LogP contribution in [0.3, 0.4) is 0 Å². The topological polar surface area (TPSA) is 36.4 Å². The Morgan fingerprint density at radius 3 is 1.76 bits per heavy atom. The lowest BCUT2D eigenvalue weighted by molar-refractivity contribution is 0.337. The molecule has 6 heteroatoms. The molecule has 1 aliphatic rings. The summed E-state index contributed by atoms with van der Waals surface area (Å²) < 4.78 is 0. The first kappa shape index (κ1) is 18.4. The average molecular weight is 351 g/mol. The molecule has 0 aliphatic carbocycles. The minimum absolute atomic E-state index is 0. The van der Waals surface area contributed by atoms with Crippen LogP contribution in [0.5, 0.6) is 0 Å². The molecule has 118 valence electrons. The Bertz CT molecular complexity index is 477. The van der Waals surface area contributed by atoms with Gasteiger partial charge in [-0.15, -0.1) is 12.4 Å². The summed E-state index contributed by atoms with van der Waals surface area (Å²) in [4.78, 5) is 4.55. The van der Waals surface area contributed by atoms with Gasteiger partial charge in [0, 0.05) is 0 Å². The highest BCUT2D eigenvalue weighted by Crippen LogP contribution is 2.33. The van der Waals surface area contributed by atoms with Crippen LogP contribution in [0.1, 0.15) is 27.7 Å². The number of nitrogens with one attached hydrogen (secondary N) is 2. The Morgan fingerprint density at radius 2 is 1.38 bits per heavy atom. The third kappa shape index (κ3) is 4.18. The summed E-state index contributed by atoms with van der Waals surface area (Å²) in [7, 11) is 0. The van der Waals surface area contributed by atoms with Gasteiger partial charge in [-0.2, -0.15) is 0 Å². The van der Waals surface area contributed by atoms with Gasteiger partial charge in [0.1, 0.15) is 5.69 Å². The number of aliphatic imine (C=N–C) groups is 1. The highest BCUT2D eigenvalue weighted by molar-refractivity contribution is 6.38. The van der Waals surface area contributed by atoms with E-state index in [1.165, 1.54) is 0 Å². The molecule has 1 aliphatic heterocycles. The smallest absolute Gasteiger partial charge is 0.197 e. The molecule has 0 bridgehead atoms. The second-order valence-corrected chi connectivity index (χ2v) is 6.67. The van der Waals surface area contributed by atoms with Crippen molar-refractivity contribution in [1.82, 2.24) is 10.6 Å². The predicted octanol–water partition coefficient (Wildman–Crippen LogP) is 4.64. The molecule has 2 atom stereocenters. The van der Waals surface area contributed by atoms with Crippen molar-refractivity contribution in [1.29, 1.82) is 0 Å². The fraction of sp³-hybridized carbons (Fsp3) is 0.533. The van der Waals surface area contributed by atoms with Crippen LogP contribution in [-0.2, 0) is 0 Å². The van der Waals surface area contributed by atoms with E-state index >= 15 is 0 Å². The Labute approximate surface area is 142 Å². The van der Waals surface area contributed by atoms with Gasteiger partial charge in [-0.05, 0) is 24.0 Å².